The van der Waals surface area contributed by atoms with E-state index in [9.17, 15) is 10.1 Å². The largest absolute Gasteiger partial charge is 0.488 e. The average Bonchev–Trinajstić information content (AvgIpc) is 2.48. The van der Waals surface area contributed by atoms with Gasteiger partial charge in [0.15, 0.2) is 0 Å². The summed E-state index contributed by atoms with van der Waals surface area (Å²) < 4.78 is 11.6. The summed E-state index contributed by atoms with van der Waals surface area (Å²) in [6.45, 7) is 5.72. The van der Waals surface area contributed by atoms with E-state index in [-0.39, 0.29) is 17.9 Å². The van der Waals surface area contributed by atoms with E-state index in [4.69, 9.17) is 9.47 Å². The number of rotatable bonds is 8. The van der Waals surface area contributed by atoms with Crippen LogP contribution < -0.4 is 10.1 Å². The molecule has 1 aliphatic carbocycles. The van der Waals surface area contributed by atoms with Crippen LogP contribution in [0.4, 0.5) is 5.69 Å². The van der Waals surface area contributed by atoms with E-state index >= 15 is 0 Å². The number of hydrogen-bond donors (Lipinski definition) is 1. The van der Waals surface area contributed by atoms with Crippen LogP contribution in [0.15, 0.2) is 24.3 Å². The lowest BCUT2D eigenvalue weighted by molar-refractivity contribution is -0.384. The predicted molar refractivity (Wildman–Crippen MR) is 79.6 cm³/mol. The van der Waals surface area contributed by atoms with Crippen LogP contribution in [0, 0.1) is 10.1 Å². The van der Waals surface area contributed by atoms with E-state index in [2.05, 4.69) is 12.2 Å². The third kappa shape index (κ3) is 3.92. The van der Waals surface area contributed by atoms with Gasteiger partial charge in [0.2, 0.25) is 0 Å². The second-order valence-electron chi connectivity index (χ2n) is 5.12. The summed E-state index contributed by atoms with van der Waals surface area (Å²) in [4.78, 5) is 10.2. The van der Waals surface area contributed by atoms with Gasteiger partial charge < -0.3 is 14.8 Å². The second-order valence-corrected chi connectivity index (χ2v) is 5.12. The fourth-order valence-corrected chi connectivity index (χ4v) is 2.46. The fraction of sp³-hybridized carbons (Fsp3) is 0.600. The van der Waals surface area contributed by atoms with E-state index in [1.807, 2.05) is 6.92 Å². The van der Waals surface area contributed by atoms with Crippen LogP contribution in [0.2, 0.25) is 0 Å². The molecule has 0 saturated heterocycles. The van der Waals surface area contributed by atoms with Crippen LogP contribution in [-0.2, 0) is 4.74 Å². The first-order valence-corrected chi connectivity index (χ1v) is 7.41. The number of non-ortho nitro benzene ring substituents is 1. The number of nitro groups is 1. The Kier molecular flexibility index (Phi) is 5.52. The van der Waals surface area contributed by atoms with Gasteiger partial charge in [-0.25, -0.2) is 0 Å². The van der Waals surface area contributed by atoms with Crippen molar-refractivity contribution in [1.82, 2.24) is 5.32 Å². The van der Waals surface area contributed by atoms with E-state index in [1.54, 1.807) is 12.1 Å². The van der Waals surface area contributed by atoms with Gasteiger partial charge in [-0.3, -0.25) is 10.1 Å². The topological polar surface area (TPSA) is 73.6 Å². The highest BCUT2D eigenvalue weighted by Gasteiger charge is 2.43. The van der Waals surface area contributed by atoms with Crippen LogP contribution in [0.25, 0.3) is 0 Å². The molecule has 1 fully saturated rings. The molecule has 2 rings (SSSR count). The van der Waals surface area contributed by atoms with Gasteiger partial charge in [0.1, 0.15) is 18.0 Å². The van der Waals surface area contributed by atoms with Crippen molar-refractivity contribution in [3.63, 3.8) is 0 Å². The fourth-order valence-electron chi connectivity index (χ4n) is 2.46. The summed E-state index contributed by atoms with van der Waals surface area (Å²) in [6.07, 6.45) is 2.02. The Hall–Kier alpha value is -1.66. The molecular formula is C15H22N2O4. The maximum Gasteiger partial charge on any atom is 0.269 e. The summed E-state index contributed by atoms with van der Waals surface area (Å²) >= 11 is 0. The summed E-state index contributed by atoms with van der Waals surface area (Å²) in [7, 11) is 0. The highest BCUT2D eigenvalue weighted by molar-refractivity contribution is 5.36. The zero-order chi connectivity index (χ0) is 15.2. The van der Waals surface area contributed by atoms with Crippen molar-refractivity contribution >= 4 is 5.69 Å². The van der Waals surface area contributed by atoms with Crippen molar-refractivity contribution in [2.24, 2.45) is 0 Å². The molecule has 0 aliphatic heterocycles. The van der Waals surface area contributed by atoms with Gasteiger partial charge in [-0.1, -0.05) is 6.92 Å². The molecule has 1 saturated carbocycles. The first kappa shape index (κ1) is 15.7. The molecule has 6 nitrogen and oxygen atoms in total. The molecule has 0 aromatic heterocycles. The number of ether oxygens (including phenoxy) is 2. The minimum absolute atomic E-state index is 0.000706. The van der Waals surface area contributed by atoms with Crippen LogP contribution in [0.3, 0.4) is 0 Å². The zero-order valence-corrected chi connectivity index (χ0v) is 12.5. The molecule has 1 aromatic rings. The highest BCUT2D eigenvalue weighted by Crippen LogP contribution is 2.30. The molecule has 3 unspecified atom stereocenters. The lowest BCUT2D eigenvalue weighted by Crippen LogP contribution is -2.61. The van der Waals surface area contributed by atoms with Gasteiger partial charge in [0.05, 0.1) is 4.92 Å². The van der Waals surface area contributed by atoms with Crippen LogP contribution in [0.5, 0.6) is 5.75 Å². The van der Waals surface area contributed by atoms with Crippen molar-refractivity contribution in [2.45, 2.75) is 44.9 Å². The van der Waals surface area contributed by atoms with Crippen molar-refractivity contribution < 1.29 is 14.4 Å². The first-order valence-electron chi connectivity index (χ1n) is 7.41. The Morgan fingerprint density at radius 1 is 1.33 bits per heavy atom. The molecule has 116 valence electrons. The van der Waals surface area contributed by atoms with Gasteiger partial charge in [0.25, 0.3) is 5.69 Å². The molecule has 1 aromatic carbocycles. The van der Waals surface area contributed by atoms with Gasteiger partial charge in [-0.15, -0.1) is 0 Å². The lowest BCUT2D eigenvalue weighted by Gasteiger charge is -2.44. The molecule has 21 heavy (non-hydrogen) atoms. The summed E-state index contributed by atoms with van der Waals surface area (Å²) in [5.74, 6) is 0.643. The molecule has 3 atom stereocenters. The van der Waals surface area contributed by atoms with Crippen molar-refractivity contribution in [3.8, 4) is 5.75 Å². The minimum Gasteiger partial charge on any atom is -0.488 e. The predicted octanol–water partition coefficient (Wildman–Crippen LogP) is 2.52. The SMILES string of the molecule is CCCNC1CC(Oc2ccc([N+](=O)[O-])cc2)C1OCC. The number of nitrogens with zero attached hydrogens (tertiary/aromatic N) is 1. The summed E-state index contributed by atoms with van der Waals surface area (Å²) in [5.41, 5.74) is 0.0693. The number of benzene rings is 1. The summed E-state index contributed by atoms with van der Waals surface area (Å²) in [6, 6.07) is 6.50. The normalized spacial score (nSPS) is 24.4. The number of nitrogens with one attached hydrogen (secondary N) is 1. The molecule has 6 heteroatoms. The smallest absolute Gasteiger partial charge is 0.269 e. The second kappa shape index (κ2) is 7.38. The van der Waals surface area contributed by atoms with E-state index in [0.717, 1.165) is 19.4 Å². The Bertz CT molecular complexity index is 463. The molecule has 1 N–H and O–H groups in total. The lowest BCUT2D eigenvalue weighted by atomic mass is 9.85. The number of nitro benzene ring substituents is 1. The molecule has 0 bridgehead atoms. The maximum atomic E-state index is 10.6. The minimum atomic E-state index is -0.416. The third-order valence-electron chi connectivity index (χ3n) is 3.60. The van der Waals surface area contributed by atoms with E-state index in [1.165, 1.54) is 12.1 Å². The zero-order valence-electron chi connectivity index (χ0n) is 12.5. The summed E-state index contributed by atoms with van der Waals surface area (Å²) in [5, 5.41) is 14.1. The average molecular weight is 294 g/mol. The quantitative estimate of drug-likeness (QED) is 0.589. The molecule has 0 heterocycles. The third-order valence-corrected chi connectivity index (χ3v) is 3.60. The van der Waals surface area contributed by atoms with Gasteiger partial charge in [-0.2, -0.15) is 0 Å². The van der Waals surface area contributed by atoms with E-state index in [0.29, 0.717) is 18.4 Å². The molecule has 0 spiro atoms. The standard InChI is InChI=1S/C15H22N2O4/c1-3-9-16-13-10-14(15(13)20-4-2)21-12-7-5-11(6-8-12)17(18)19/h5-8,13-16H,3-4,9-10H2,1-2H3. The molecule has 0 radical (unpaired) electrons. The van der Waals surface area contributed by atoms with Crippen molar-refractivity contribution in [3.05, 3.63) is 34.4 Å². The maximum absolute atomic E-state index is 10.6. The Balaban J connectivity index is 1.91. The first-order chi connectivity index (χ1) is 10.2. The van der Waals surface area contributed by atoms with Gasteiger partial charge in [0, 0.05) is 31.2 Å². The number of hydrogen-bond acceptors (Lipinski definition) is 5. The monoisotopic (exact) mass is 294 g/mol. The van der Waals surface area contributed by atoms with Crippen LogP contribution >= 0.6 is 0 Å². The van der Waals surface area contributed by atoms with Crippen molar-refractivity contribution in [1.29, 1.82) is 0 Å². The Morgan fingerprint density at radius 3 is 2.62 bits per heavy atom. The molecule has 0 amide bonds. The van der Waals surface area contributed by atoms with Gasteiger partial charge >= 0.3 is 0 Å². The molecule has 1 aliphatic rings. The Morgan fingerprint density at radius 2 is 2.05 bits per heavy atom. The molecular weight excluding hydrogens is 272 g/mol. The highest BCUT2D eigenvalue weighted by atomic mass is 16.6. The van der Waals surface area contributed by atoms with E-state index < -0.39 is 4.92 Å². The van der Waals surface area contributed by atoms with Gasteiger partial charge in [-0.05, 0) is 32.0 Å². The van der Waals surface area contributed by atoms with Crippen molar-refractivity contribution in [2.75, 3.05) is 13.2 Å². The van der Waals surface area contributed by atoms with Crippen LogP contribution in [0.1, 0.15) is 26.7 Å². The van der Waals surface area contributed by atoms with Crippen LogP contribution in [-0.4, -0.2) is 36.3 Å². The Labute approximate surface area is 124 Å².